The van der Waals surface area contributed by atoms with Gasteiger partial charge in [-0.15, -0.1) is 0 Å². The fourth-order valence-electron chi connectivity index (χ4n) is 0.504. The third-order valence-corrected chi connectivity index (χ3v) is 1.10. The van der Waals surface area contributed by atoms with Crippen molar-refractivity contribution in [2.45, 2.75) is 13.2 Å². The summed E-state index contributed by atoms with van der Waals surface area (Å²) in [4.78, 5) is 1.33. The van der Waals surface area contributed by atoms with Crippen LogP contribution in [0.1, 0.15) is 6.92 Å². The molecule has 0 spiro atoms. The van der Waals surface area contributed by atoms with Crippen molar-refractivity contribution in [3.05, 3.63) is 0 Å². The molecule has 0 aromatic rings. The lowest BCUT2D eigenvalue weighted by molar-refractivity contribution is -0.0416. The molecule has 0 aliphatic carbocycles. The smallest absolute Gasteiger partial charge is 0.106 e. The lowest BCUT2D eigenvalue weighted by Gasteiger charge is -2.20. The van der Waals surface area contributed by atoms with Gasteiger partial charge in [0.15, 0.2) is 0 Å². The van der Waals surface area contributed by atoms with Gasteiger partial charge in [0.1, 0.15) is 6.23 Å². The number of nitrogens with zero attached hydrogens (tertiary/aromatic N) is 1. The maximum absolute atomic E-state index is 8.80. The summed E-state index contributed by atoms with van der Waals surface area (Å²) in [5, 5.41) is 25.6. The Morgan fingerprint density at radius 2 is 2.00 bits per heavy atom. The van der Waals surface area contributed by atoms with Crippen LogP contribution in [0.2, 0.25) is 0 Å². The van der Waals surface area contributed by atoms with Crippen LogP contribution in [-0.2, 0) is 0 Å². The van der Waals surface area contributed by atoms with E-state index in [0.29, 0.717) is 6.54 Å². The zero-order valence-electron chi connectivity index (χ0n) is 5.49. The molecule has 0 aliphatic rings. The highest BCUT2D eigenvalue weighted by atomic mass is 16.3. The topological polar surface area (TPSA) is 63.9 Å². The molecule has 56 valence electrons. The van der Waals surface area contributed by atoms with E-state index < -0.39 is 6.23 Å². The van der Waals surface area contributed by atoms with E-state index >= 15 is 0 Å². The van der Waals surface area contributed by atoms with E-state index in [-0.39, 0.29) is 13.3 Å². The molecule has 4 nitrogen and oxygen atoms in total. The van der Waals surface area contributed by atoms with Crippen LogP contribution in [0.4, 0.5) is 0 Å². The van der Waals surface area contributed by atoms with E-state index in [2.05, 4.69) is 0 Å². The Morgan fingerprint density at radius 1 is 1.44 bits per heavy atom. The highest BCUT2D eigenvalue weighted by Gasteiger charge is 2.06. The fraction of sp³-hybridized carbons (Fsp3) is 1.00. The first kappa shape index (κ1) is 8.84. The molecule has 0 heterocycles. The highest BCUT2D eigenvalue weighted by Crippen LogP contribution is 1.90. The first-order valence-corrected chi connectivity index (χ1v) is 2.86. The van der Waals surface area contributed by atoms with Crippen molar-refractivity contribution >= 4 is 0 Å². The van der Waals surface area contributed by atoms with Crippen molar-refractivity contribution in [3.63, 3.8) is 0 Å². The Bertz CT molecular complexity index is 67.2. The Hall–Kier alpha value is -0.160. The monoisotopic (exact) mass is 135 g/mol. The molecular weight excluding hydrogens is 122 g/mol. The summed E-state index contributed by atoms with van der Waals surface area (Å²) in [5.74, 6) is 0. The molecule has 0 aliphatic heterocycles. The average molecular weight is 135 g/mol. The molecule has 0 aromatic carbocycles. The molecule has 0 bridgehead atoms. The molecule has 0 radical (unpaired) electrons. The van der Waals surface area contributed by atoms with Gasteiger partial charge in [-0.05, 0) is 6.92 Å². The molecule has 0 rings (SSSR count). The summed E-state index contributed by atoms with van der Waals surface area (Å²) < 4.78 is 0. The van der Waals surface area contributed by atoms with E-state index in [4.69, 9.17) is 15.3 Å². The largest absolute Gasteiger partial charge is 0.395 e. The number of rotatable bonds is 4. The van der Waals surface area contributed by atoms with Crippen molar-refractivity contribution in [2.75, 3.05) is 19.9 Å². The number of hydrogen-bond donors (Lipinski definition) is 3. The van der Waals surface area contributed by atoms with Gasteiger partial charge in [-0.25, -0.2) is 0 Å². The maximum atomic E-state index is 8.80. The predicted octanol–water partition coefficient (Wildman–Crippen LogP) is -1.43. The minimum absolute atomic E-state index is 0.0501. The minimum atomic E-state index is -0.692. The second-order valence-electron chi connectivity index (χ2n) is 1.81. The van der Waals surface area contributed by atoms with E-state index in [9.17, 15) is 0 Å². The SMILES string of the molecule is CC(O)N(CO)CCO. The zero-order chi connectivity index (χ0) is 7.28. The van der Waals surface area contributed by atoms with E-state index in [0.717, 1.165) is 0 Å². The third-order valence-electron chi connectivity index (χ3n) is 1.10. The highest BCUT2D eigenvalue weighted by molar-refractivity contribution is 4.49. The predicted molar refractivity (Wildman–Crippen MR) is 32.6 cm³/mol. The van der Waals surface area contributed by atoms with Crippen molar-refractivity contribution in [1.82, 2.24) is 4.90 Å². The molecule has 4 heteroatoms. The quantitative estimate of drug-likeness (QED) is 0.413. The Balaban J connectivity index is 3.41. The van der Waals surface area contributed by atoms with Gasteiger partial charge in [0.25, 0.3) is 0 Å². The summed E-state index contributed by atoms with van der Waals surface area (Å²) in [5.41, 5.74) is 0. The molecule has 1 unspecified atom stereocenters. The van der Waals surface area contributed by atoms with Crippen molar-refractivity contribution in [1.29, 1.82) is 0 Å². The number of aliphatic hydroxyl groups is 3. The molecule has 1 atom stereocenters. The maximum Gasteiger partial charge on any atom is 0.106 e. The van der Waals surface area contributed by atoms with Crippen LogP contribution in [0.25, 0.3) is 0 Å². The normalized spacial score (nSPS) is 14.3. The molecule has 0 aromatic heterocycles. The van der Waals surface area contributed by atoms with Crippen molar-refractivity contribution in [3.8, 4) is 0 Å². The van der Waals surface area contributed by atoms with Gasteiger partial charge in [-0.3, -0.25) is 4.90 Å². The second-order valence-corrected chi connectivity index (χ2v) is 1.81. The molecular formula is C5H13NO3. The molecule has 9 heavy (non-hydrogen) atoms. The van der Waals surface area contributed by atoms with E-state index in [1.165, 1.54) is 11.8 Å². The first-order valence-electron chi connectivity index (χ1n) is 2.86. The lowest BCUT2D eigenvalue weighted by Crippen LogP contribution is -2.35. The average Bonchev–Trinajstić information content (AvgIpc) is 1.82. The standard InChI is InChI=1S/C5H13NO3/c1-5(9)6(4-8)2-3-7/h5,7-9H,2-4H2,1H3. The lowest BCUT2D eigenvalue weighted by atomic mass is 10.5. The van der Waals surface area contributed by atoms with Crippen LogP contribution in [0.3, 0.4) is 0 Å². The molecule has 0 fully saturated rings. The van der Waals surface area contributed by atoms with Crippen LogP contribution in [0, 0.1) is 0 Å². The molecule has 0 saturated heterocycles. The van der Waals surface area contributed by atoms with Crippen molar-refractivity contribution in [2.24, 2.45) is 0 Å². The third kappa shape index (κ3) is 3.42. The molecule has 0 amide bonds. The van der Waals surface area contributed by atoms with Gasteiger partial charge < -0.3 is 15.3 Å². The van der Waals surface area contributed by atoms with Gasteiger partial charge in [0, 0.05) is 6.54 Å². The number of aliphatic hydroxyl groups excluding tert-OH is 3. The van der Waals surface area contributed by atoms with Crippen LogP contribution >= 0.6 is 0 Å². The Kier molecular flexibility index (Phi) is 4.61. The van der Waals surface area contributed by atoms with E-state index in [1.807, 2.05) is 0 Å². The van der Waals surface area contributed by atoms with Crippen LogP contribution in [-0.4, -0.2) is 46.3 Å². The van der Waals surface area contributed by atoms with Gasteiger partial charge in [0.2, 0.25) is 0 Å². The summed E-state index contributed by atoms with van der Waals surface area (Å²) in [6.45, 7) is 1.56. The fourth-order valence-corrected chi connectivity index (χ4v) is 0.504. The zero-order valence-corrected chi connectivity index (χ0v) is 5.49. The van der Waals surface area contributed by atoms with Crippen LogP contribution in [0.5, 0.6) is 0 Å². The summed E-state index contributed by atoms with van der Waals surface area (Å²) in [6, 6.07) is 0. The second kappa shape index (κ2) is 4.69. The number of hydrogen-bond acceptors (Lipinski definition) is 4. The van der Waals surface area contributed by atoms with Gasteiger partial charge in [0.05, 0.1) is 13.3 Å². The Labute approximate surface area is 54.3 Å². The van der Waals surface area contributed by atoms with Gasteiger partial charge in [-0.2, -0.15) is 0 Å². The van der Waals surface area contributed by atoms with Gasteiger partial charge >= 0.3 is 0 Å². The summed E-state index contributed by atoms with van der Waals surface area (Å²) in [7, 11) is 0. The molecule has 3 N–H and O–H groups in total. The molecule has 0 saturated carbocycles. The first-order chi connectivity index (χ1) is 4.22. The van der Waals surface area contributed by atoms with Gasteiger partial charge in [-0.1, -0.05) is 0 Å². The van der Waals surface area contributed by atoms with Crippen molar-refractivity contribution < 1.29 is 15.3 Å². The van der Waals surface area contributed by atoms with E-state index in [1.54, 1.807) is 0 Å². The van der Waals surface area contributed by atoms with Crippen LogP contribution in [0.15, 0.2) is 0 Å². The van der Waals surface area contributed by atoms with Crippen LogP contribution < -0.4 is 0 Å². The Morgan fingerprint density at radius 3 is 2.11 bits per heavy atom. The minimum Gasteiger partial charge on any atom is -0.395 e. The summed E-state index contributed by atoms with van der Waals surface area (Å²) >= 11 is 0. The summed E-state index contributed by atoms with van der Waals surface area (Å²) in [6.07, 6.45) is -0.692.